The highest BCUT2D eigenvalue weighted by Crippen LogP contribution is 2.34. The molecule has 0 aromatic heterocycles. The molecule has 0 bridgehead atoms. The summed E-state index contributed by atoms with van der Waals surface area (Å²) in [6.07, 6.45) is 7.35. The Morgan fingerprint density at radius 2 is 1.23 bits per heavy atom. The van der Waals surface area contributed by atoms with Crippen molar-refractivity contribution in [1.29, 1.82) is 0 Å². The second-order valence-electron chi connectivity index (χ2n) is 6.36. The second kappa shape index (κ2) is 9.62. The largest absolute Gasteiger partial charge is 0.236 e. The van der Waals surface area contributed by atoms with Crippen LogP contribution in [0.15, 0.2) is 58.5 Å². The van der Waals surface area contributed by atoms with Crippen LogP contribution in [0.5, 0.6) is 0 Å². The van der Waals surface area contributed by atoms with E-state index in [1.54, 1.807) is 12.2 Å². The minimum absolute atomic E-state index is 0.0198. The molecule has 2 aromatic rings. The zero-order valence-corrected chi connectivity index (χ0v) is 15.4. The number of aryl methyl sites for hydroxylation is 2. The molecule has 0 atom stereocenters. The molecule has 0 aliphatic rings. The Hall–Kier alpha value is -2.80. The highest BCUT2D eigenvalue weighted by atomic mass is 16.1. The summed E-state index contributed by atoms with van der Waals surface area (Å²) in [7, 11) is 0. The maximum atomic E-state index is 11.2. The molecule has 0 amide bonds. The average Bonchev–Trinajstić information content (AvgIpc) is 2.67. The Morgan fingerprint density at radius 1 is 0.769 bits per heavy atom. The molecule has 26 heavy (non-hydrogen) atoms. The summed E-state index contributed by atoms with van der Waals surface area (Å²) in [5.41, 5.74) is 3.00. The third-order valence-corrected chi connectivity index (χ3v) is 4.55. The minimum Gasteiger partial charge on any atom is -0.211 e. The van der Waals surface area contributed by atoms with E-state index in [0.717, 1.165) is 36.8 Å². The molecular formula is C22H24N2O2. The van der Waals surface area contributed by atoms with E-state index in [1.807, 2.05) is 48.5 Å². The van der Waals surface area contributed by atoms with Gasteiger partial charge in [0.25, 0.3) is 0 Å². The first-order valence-corrected chi connectivity index (χ1v) is 9.01. The van der Waals surface area contributed by atoms with Gasteiger partial charge in [0.05, 0.1) is 6.54 Å². The fourth-order valence-electron chi connectivity index (χ4n) is 3.21. The summed E-state index contributed by atoms with van der Waals surface area (Å²) in [5, 5.41) is 0. The fourth-order valence-corrected chi connectivity index (χ4v) is 3.21. The van der Waals surface area contributed by atoms with Gasteiger partial charge in [-0.3, -0.25) is 0 Å². The topological polar surface area (TPSA) is 58.9 Å². The molecule has 134 valence electrons. The maximum Gasteiger partial charge on any atom is 0.236 e. The molecular weight excluding hydrogens is 324 g/mol. The van der Waals surface area contributed by atoms with Crippen LogP contribution in [0.2, 0.25) is 0 Å². The van der Waals surface area contributed by atoms with E-state index < -0.39 is 5.54 Å². The molecule has 0 heterocycles. The molecule has 0 saturated heterocycles. The van der Waals surface area contributed by atoms with Crippen LogP contribution in [-0.2, 0) is 28.0 Å². The van der Waals surface area contributed by atoms with Gasteiger partial charge in [0.1, 0.15) is 5.54 Å². The third-order valence-electron chi connectivity index (χ3n) is 4.55. The van der Waals surface area contributed by atoms with Gasteiger partial charge in [-0.05, 0) is 35.1 Å². The summed E-state index contributed by atoms with van der Waals surface area (Å²) < 4.78 is 0. The van der Waals surface area contributed by atoms with Gasteiger partial charge in [-0.15, -0.1) is 0 Å². The van der Waals surface area contributed by atoms with Crippen molar-refractivity contribution < 1.29 is 9.59 Å². The van der Waals surface area contributed by atoms with Gasteiger partial charge in [-0.2, -0.15) is 4.99 Å². The van der Waals surface area contributed by atoms with Crippen LogP contribution < -0.4 is 0 Å². The van der Waals surface area contributed by atoms with Crippen molar-refractivity contribution in [3.63, 3.8) is 0 Å². The van der Waals surface area contributed by atoms with Gasteiger partial charge in [-0.25, -0.2) is 14.6 Å². The number of hydrogen-bond acceptors (Lipinski definition) is 4. The molecule has 0 aliphatic heterocycles. The Morgan fingerprint density at radius 3 is 1.58 bits per heavy atom. The lowest BCUT2D eigenvalue weighted by Crippen LogP contribution is -2.29. The van der Waals surface area contributed by atoms with Crippen molar-refractivity contribution in [3.05, 3.63) is 70.8 Å². The fraction of sp³-hybridized carbons (Fsp3) is 0.364. The first-order chi connectivity index (χ1) is 12.7. The zero-order valence-electron chi connectivity index (χ0n) is 15.4. The van der Waals surface area contributed by atoms with Crippen molar-refractivity contribution in [2.24, 2.45) is 9.98 Å². The molecule has 0 radical (unpaired) electrons. The van der Waals surface area contributed by atoms with Crippen LogP contribution in [0.1, 0.15) is 48.9 Å². The monoisotopic (exact) mass is 348 g/mol. The summed E-state index contributed by atoms with van der Waals surface area (Å²) >= 11 is 0. The van der Waals surface area contributed by atoms with Gasteiger partial charge in [0.15, 0.2) is 0 Å². The molecule has 2 rings (SSSR count). The lowest BCUT2D eigenvalue weighted by Gasteiger charge is -2.27. The number of hydrogen-bond donors (Lipinski definition) is 0. The molecule has 0 unspecified atom stereocenters. The van der Waals surface area contributed by atoms with Crippen molar-refractivity contribution in [2.45, 2.75) is 45.1 Å². The molecule has 4 heteroatoms. The SMILES string of the molecule is CCCc1ccc(C(CN=C=O)(N=C=O)c2ccc(CCC)cc2)cc1. The van der Waals surface area contributed by atoms with Gasteiger partial charge in [0, 0.05) is 0 Å². The van der Waals surface area contributed by atoms with Crippen LogP contribution in [-0.4, -0.2) is 18.7 Å². The van der Waals surface area contributed by atoms with Gasteiger partial charge in [-0.1, -0.05) is 75.2 Å². The number of isocyanates is 2. The first-order valence-electron chi connectivity index (χ1n) is 9.01. The quantitative estimate of drug-likeness (QED) is 0.494. The normalized spacial score (nSPS) is 10.7. The van der Waals surface area contributed by atoms with Crippen LogP contribution >= 0.6 is 0 Å². The Labute approximate surface area is 154 Å². The first kappa shape index (κ1) is 19.5. The molecule has 0 N–H and O–H groups in total. The second-order valence-corrected chi connectivity index (χ2v) is 6.36. The summed E-state index contributed by atoms with van der Waals surface area (Å²) in [5.74, 6) is 0. The van der Waals surface area contributed by atoms with Gasteiger partial charge in [0.2, 0.25) is 12.2 Å². The van der Waals surface area contributed by atoms with Crippen LogP contribution in [0.25, 0.3) is 0 Å². The van der Waals surface area contributed by atoms with E-state index in [4.69, 9.17) is 0 Å². The van der Waals surface area contributed by atoms with Crippen molar-refractivity contribution in [1.82, 2.24) is 0 Å². The van der Waals surface area contributed by atoms with Gasteiger partial charge < -0.3 is 0 Å². The lowest BCUT2D eigenvalue weighted by atomic mass is 9.82. The van der Waals surface area contributed by atoms with E-state index in [-0.39, 0.29) is 6.54 Å². The molecule has 0 aliphatic carbocycles. The van der Waals surface area contributed by atoms with Crippen LogP contribution in [0.3, 0.4) is 0 Å². The number of carbonyl (C=O) groups excluding carboxylic acids is 2. The van der Waals surface area contributed by atoms with Gasteiger partial charge >= 0.3 is 0 Å². The minimum atomic E-state index is -1.06. The van der Waals surface area contributed by atoms with E-state index in [9.17, 15) is 9.59 Å². The summed E-state index contributed by atoms with van der Waals surface area (Å²) in [4.78, 5) is 29.9. The zero-order chi connectivity index (χ0) is 18.8. The Kier molecular flexibility index (Phi) is 7.23. The molecule has 0 spiro atoms. The number of aliphatic imine (C=N–C) groups is 2. The summed E-state index contributed by atoms with van der Waals surface area (Å²) in [6.45, 7) is 4.28. The highest BCUT2D eigenvalue weighted by molar-refractivity contribution is 5.48. The maximum absolute atomic E-state index is 11.2. The van der Waals surface area contributed by atoms with E-state index in [1.165, 1.54) is 11.1 Å². The highest BCUT2D eigenvalue weighted by Gasteiger charge is 2.34. The molecule has 0 saturated carbocycles. The van der Waals surface area contributed by atoms with Crippen LogP contribution in [0.4, 0.5) is 0 Å². The van der Waals surface area contributed by atoms with E-state index in [2.05, 4.69) is 23.8 Å². The Bertz CT molecular complexity index is 748. The van der Waals surface area contributed by atoms with E-state index >= 15 is 0 Å². The smallest absolute Gasteiger partial charge is 0.211 e. The number of rotatable bonds is 9. The average molecular weight is 348 g/mol. The van der Waals surface area contributed by atoms with Crippen molar-refractivity contribution >= 4 is 12.2 Å². The Balaban J connectivity index is 2.56. The van der Waals surface area contributed by atoms with Crippen molar-refractivity contribution in [2.75, 3.05) is 6.54 Å². The standard InChI is InChI=1S/C22H24N2O2/c1-3-5-18-7-11-20(12-8-18)22(24-17-26,15-23-16-25)21-13-9-19(6-4-2)10-14-21/h7-14H,3-6,15H2,1-2H3. The predicted octanol–water partition coefficient (Wildman–Crippen LogP) is 4.51. The molecule has 0 fully saturated rings. The third kappa shape index (κ3) is 4.43. The van der Waals surface area contributed by atoms with E-state index in [0.29, 0.717) is 0 Å². The van der Waals surface area contributed by atoms with Crippen LogP contribution in [0, 0.1) is 0 Å². The molecule has 4 nitrogen and oxygen atoms in total. The molecule has 2 aromatic carbocycles. The summed E-state index contributed by atoms with van der Waals surface area (Å²) in [6, 6.07) is 15.9. The predicted molar refractivity (Wildman–Crippen MR) is 103 cm³/mol. The number of benzene rings is 2. The van der Waals surface area contributed by atoms with Crippen molar-refractivity contribution in [3.8, 4) is 0 Å². The lowest BCUT2D eigenvalue weighted by molar-refractivity contribution is 0.516. The number of nitrogens with zero attached hydrogens (tertiary/aromatic N) is 2.